The number of hydrogen-bond acceptors (Lipinski definition) is 4. The van der Waals surface area contributed by atoms with Crippen LogP contribution in [0.15, 0.2) is 48.5 Å². The highest BCUT2D eigenvalue weighted by Crippen LogP contribution is 2.28. The van der Waals surface area contributed by atoms with E-state index in [2.05, 4.69) is 5.32 Å². The summed E-state index contributed by atoms with van der Waals surface area (Å²) in [5.74, 6) is 0.806. The normalized spacial score (nSPS) is 16.5. The van der Waals surface area contributed by atoms with Crippen molar-refractivity contribution in [1.82, 2.24) is 0 Å². The standard InChI is InChI=1S/C21H24N2O4/c1-14(2)27-18-9-7-17(8-10-18)23-13-15(11-20(23)24)21(25)22-16-5-4-6-19(12-16)26-3/h4-10,12,14-15H,11,13H2,1-3H3,(H,22,25)/t15-/m0/s1. The van der Waals surface area contributed by atoms with Crippen LogP contribution in [0.1, 0.15) is 20.3 Å². The Morgan fingerprint density at radius 3 is 2.56 bits per heavy atom. The van der Waals surface area contributed by atoms with Crippen LogP contribution in [-0.2, 0) is 9.59 Å². The third-order valence-electron chi connectivity index (χ3n) is 4.35. The van der Waals surface area contributed by atoms with Gasteiger partial charge in [0.2, 0.25) is 11.8 Å². The predicted molar refractivity (Wildman–Crippen MR) is 104 cm³/mol. The highest BCUT2D eigenvalue weighted by molar-refractivity contribution is 6.03. The van der Waals surface area contributed by atoms with Gasteiger partial charge in [0.05, 0.1) is 19.1 Å². The number of carbonyl (C=O) groups excluding carboxylic acids is 2. The third kappa shape index (κ3) is 4.58. The summed E-state index contributed by atoms with van der Waals surface area (Å²) in [5, 5.41) is 2.86. The Labute approximate surface area is 159 Å². The smallest absolute Gasteiger partial charge is 0.229 e. The molecule has 0 spiro atoms. The Balaban J connectivity index is 1.64. The molecule has 1 heterocycles. The van der Waals surface area contributed by atoms with Crippen molar-refractivity contribution in [3.63, 3.8) is 0 Å². The molecule has 0 radical (unpaired) electrons. The van der Waals surface area contributed by atoms with Crippen molar-refractivity contribution in [2.75, 3.05) is 23.9 Å². The lowest BCUT2D eigenvalue weighted by molar-refractivity contribution is -0.122. The fourth-order valence-electron chi connectivity index (χ4n) is 3.05. The molecule has 3 rings (SSSR count). The van der Waals surface area contributed by atoms with E-state index >= 15 is 0 Å². The van der Waals surface area contributed by atoms with Gasteiger partial charge in [-0.15, -0.1) is 0 Å². The highest BCUT2D eigenvalue weighted by atomic mass is 16.5. The number of rotatable bonds is 6. The average Bonchev–Trinajstić information content (AvgIpc) is 3.04. The maximum atomic E-state index is 12.6. The minimum atomic E-state index is -0.393. The maximum Gasteiger partial charge on any atom is 0.229 e. The molecule has 0 aliphatic carbocycles. The number of benzene rings is 2. The van der Waals surface area contributed by atoms with Gasteiger partial charge in [0.25, 0.3) is 0 Å². The zero-order valence-corrected chi connectivity index (χ0v) is 15.8. The van der Waals surface area contributed by atoms with E-state index in [0.29, 0.717) is 18.0 Å². The van der Waals surface area contributed by atoms with Crippen molar-refractivity contribution in [2.24, 2.45) is 5.92 Å². The van der Waals surface area contributed by atoms with Crippen molar-refractivity contribution in [1.29, 1.82) is 0 Å². The number of methoxy groups -OCH3 is 1. The monoisotopic (exact) mass is 368 g/mol. The first kappa shape index (κ1) is 18.8. The van der Waals surface area contributed by atoms with E-state index in [0.717, 1.165) is 11.4 Å². The van der Waals surface area contributed by atoms with E-state index in [1.54, 1.807) is 30.2 Å². The molecule has 6 nitrogen and oxygen atoms in total. The summed E-state index contributed by atoms with van der Waals surface area (Å²) in [6, 6.07) is 14.5. The molecule has 0 bridgehead atoms. The molecule has 1 aliphatic heterocycles. The van der Waals surface area contributed by atoms with E-state index in [1.165, 1.54) is 0 Å². The second kappa shape index (κ2) is 8.12. The first-order valence-electron chi connectivity index (χ1n) is 8.98. The van der Waals surface area contributed by atoms with Gasteiger partial charge < -0.3 is 19.7 Å². The molecule has 1 saturated heterocycles. The van der Waals surface area contributed by atoms with Crippen LogP contribution in [0, 0.1) is 5.92 Å². The van der Waals surface area contributed by atoms with E-state index < -0.39 is 5.92 Å². The summed E-state index contributed by atoms with van der Waals surface area (Å²) in [7, 11) is 1.58. The number of ether oxygens (including phenoxy) is 2. The third-order valence-corrected chi connectivity index (χ3v) is 4.35. The lowest BCUT2D eigenvalue weighted by Crippen LogP contribution is -2.28. The van der Waals surface area contributed by atoms with Gasteiger partial charge in [-0.25, -0.2) is 0 Å². The lowest BCUT2D eigenvalue weighted by Gasteiger charge is -2.18. The Kier molecular flexibility index (Phi) is 5.64. The van der Waals surface area contributed by atoms with Gasteiger partial charge in [-0.05, 0) is 50.2 Å². The van der Waals surface area contributed by atoms with E-state index in [1.807, 2.05) is 44.2 Å². The molecular weight excluding hydrogens is 344 g/mol. The van der Waals surface area contributed by atoms with Gasteiger partial charge in [-0.3, -0.25) is 9.59 Å². The van der Waals surface area contributed by atoms with Crippen LogP contribution in [0.3, 0.4) is 0 Å². The number of nitrogens with zero attached hydrogens (tertiary/aromatic N) is 1. The molecule has 0 unspecified atom stereocenters. The Morgan fingerprint density at radius 1 is 1.15 bits per heavy atom. The van der Waals surface area contributed by atoms with Gasteiger partial charge in [-0.2, -0.15) is 0 Å². The highest BCUT2D eigenvalue weighted by Gasteiger charge is 2.35. The van der Waals surface area contributed by atoms with Crippen molar-refractivity contribution in [3.8, 4) is 11.5 Å². The van der Waals surface area contributed by atoms with E-state index in [4.69, 9.17) is 9.47 Å². The fraction of sp³-hybridized carbons (Fsp3) is 0.333. The van der Waals surface area contributed by atoms with E-state index in [-0.39, 0.29) is 24.3 Å². The summed E-state index contributed by atoms with van der Waals surface area (Å²) >= 11 is 0. The Hall–Kier alpha value is -3.02. The topological polar surface area (TPSA) is 67.9 Å². The van der Waals surface area contributed by atoms with Gasteiger partial charge in [-0.1, -0.05) is 6.07 Å². The van der Waals surface area contributed by atoms with Crippen molar-refractivity contribution < 1.29 is 19.1 Å². The Morgan fingerprint density at radius 2 is 1.89 bits per heavy atom. The maximum absolute atomic E-state index is 12.6. The first-order chi connectivity index (χ1) is 13.0. The van der Waals surface area contributed by atoms with Gasteiger partial charge in [0.1, 0.15) is 11.5 Å². The number of nitrogens with one attached hydrogen (secondary N) is 1. The van der Waals surface area contributed by atoms with E-state index in [9.17, 15) is 9.59 Å². The number of carbonyl (C=O) groups is 2. The summed E-state index contributed by atoms with van der Waals surface area (Å²) in [4.78, 5) is 26.6. The molecule has 0 aromatic heterocycles. The number of hydrogen-bond donors (Lipinski definition) is 1. The number of anilines is 2. The zero-order valence-electron chi connectivity index (χ0n) is 15.8. The van der Waals surface area contributed by atoms with Crippen molar-refractivity contribution in [2.45, 2.75) is 26.4 Å². The fourth-order valence-corrected chi connectivity index (χ4v) is 3.05. The van der Waals surface area contributed by atoms with Crippen LogP contribution in [-0.4, -0.2) is 31.6 Å². The molecule has 6 heteroatoms. The van der Waals surface area contributed by atoms with Gasteiger partial charge in [0.15, 0.2) is 0 Å². The van der Waals surface area contributed by atoms with Crippen molar-refractivity contribution in [3.05, 3.63) is 48.5 Å². The molecule has 1 atom stereocenters. The van der Waals surface area contributed by atoms with Gasteiger partial charge in [0, 0.05) is 30.4 Å². The van der Waals surface area contributed by atoms with Crippen LogP contribution < -0.4 is 19.7 Å². The molecule has 2 aromatic carbocycles. The second-order valence-corrected chi connectivity index (χ2v) is 6.79. The summed E-state index contributed by atoms with van der Waals surface area (Å²) in [5.41, 5.74) is 1.42. The second-order valence-electron chi connectivity index (χ2n) is 6.79. The zero-order chi connectivity index (χ0) is 19.4. The molecule has 2 aromatic rings. The number of amides is 2. The summed E-state index contributed by atoms with van der Waals surface area (Å²) in [6.07, 6.45) is 0.286. The minimum Gasteiger partial charge on any atom is -0.497 e. The van der Waals surface area contributed by atoms with Gasteiger partial charge >= 0.3 is 0 Å². The Bertz CT molecular complexity index is 817. The van der Waals surface area contributed by atoms with Crippen LogP contribution in [0.25, 0.3) is 0 Å². The average molecular weight is 368 g/mol. The molecule has 27 heavy (non-hydrogen) atoms. The molecule has 2 amide bonds. The van der Waals surface area contributed by atoms with Crippen molar-refractivity contribution >= 4 is 23.2 Å². The van der Waals surface area contributed by atoms with Crippen LogP contribution in [0.5, 0.6) is 11.5 Å². The quantitative estimate of drug-likeness (QED) is 0.848. The molecular formula is C21H24N2O4. The molecule has 142 valence electrons. The molecule has 0 saturated carbocycles. The molecule has 1 fully saturated rings. The first-order valence-corrected chi connectivity index (χ1v) is 8.98. The van der Waals surface area contributed by atoms with Crippen LogP contribution >= 0.6 is 0 Å². The predicted octanol–water partition coefficient (Wildman–Crippen LogP) is 3.47. The minimum absolute atomic E-state index is 0.0571. The largest absolute Gasteiger partial charge is 0.497 e. The molecule has 1 N–H and O–H groups in total. The SMILES string of the molecule is COc1cccc(NC(=O)[C@H]2CC(=O)N(c3ccc(OC(C)C)cc3)C2)c1. The summed E-state index contributed by atoms with van der Waals surface area (Å²) < 4.78 is 10.8. The lowest BCUT2D eigenvalue weighted by atomic mass is 10.1. The van der Waals surface area contributed by atoms with Crippen LogP contribution in [0.2, 0.25) is 0 Å². The summed E-state index contributed by atoms with van der Waals surface area (Å²) in [6.45, 7) is 4.28. The van der Waals surface area contributed by atoms with Crippen LogP contribution in [0.4, 0.5) is 11.4 Å². The molecule has 1 aliphatic rings.